The van der Waals surface area contributed by atoms with E-state index in [2.05, 4.69) is 0 Å². The highest BCUT2D eigenvalue weighted by molar-refractivity contribution is 5.91. The molecule has 0 aliphatic rings. The third-order valence-corrected chi connectivity index (χ3v) is 2.34. The second kappa shape index (κ2) is 9.02. The van der Waals surface area contributed by atoms with E-state index in [9.17, 15) is 9.59 Å². The smallest absolute Gasteiger partial charge is 0.317 e. The van der Waals surface area contributed by atoms with Gasteiger partial charge in [0.15, 0.2) is 0 Å². The second-order valence-electron chi connectivity index (χ2n) is 4.36. The Morgan fingerprint density at radius 1 is 0.882 bits per heavy atom. The molecule has 0 radical (unpaired) electrons. The summed E-state index contributed by atoms with van der Waals surface area (Å²) in [6.07, 6.45) is 2.97. The van der Waals surface area contributed by atoms with Gasteiger partial charge < -0.3 is 9.47 Å². The topological polar surface area (TPSA) is 52.6 Å². The molecule has 0 amide bonds. The van der Waals surface area contributed by atoms with Gasteiger partial charge in [-0.3, -0.25) is 9.59 Å². The van der Waals surface area contributed by atoms with Crippen molar-refractivity contribution in [3.63, 3.8) is 0 Å². The Morgan fingerprint density at radius 2 is 1.24 bits per heavy atom. The quantitative estimate of drug-likeness (QED) is 0.486. The predicted molar refractivity (Wildman–Crippen MR) is 65.5 cm³/mol. The van der Waals surface area contributed by atoms with E-state index in [1.807, 2.05) is 27.7 Å². The molecule has 0 saturated carbocycles. The first-order valence-electron chi connectivity index (χ1n) is 6.38. The van der Waals surface area contributed by atoms with Gasteiger partial charge in [0, 0.05) is 0 Å². The molecular formula is C13H24O4. The molecule has 0 aliphatic heterocycles. The first-order valence-corrected chi connectivity index (χ1v) is 6.38. The minimum atomic E-state index is -0.500. The summed E-state index contributed by atoms with van der Waals surface area (Å²) in [4.78, 5) is 22.7. The number of hydrogen-bond acceptors (Lipinski definition) is 4. The first kappa shape index (κ1) is 15.9. The van der Waals surface area contributed by atoms with Crippen molar-refractivity contribution < 1.29 is 19.1 Å². The van der Waals surface area contributed by atoms with Crippen molar-refractivity contribution in [3.8, 4) is 0 Å². The van der Waals surface area contributed by atoms with E-state index in [1.54, 1.807) is 0 Å². The summed E-state index contributed by atoms with van der Waals surface area (Å²) >= 11 is 0. The molecule has 0 N–H and O–H groups in total. The molecule has 0 bridgehead atoms. The van der Waals surface area contributed by atoms with Gasteiger partial charge in [-0.2, -0.15) is 0 Å². The summed E-state index contributed by atoms with van der Waals surface area (Å²) < 4.78 is 10.1. The third-order valence-electron chi connectivity index (χ3n) is 2.34. The van der Waals surface area contributed by atoms with Gasteiger partial charge in [0.2, 0.25) is 0 Å². The Labute approximate surface area is 104 Å². The molecule has 0 aromatic rings. The summed E-state index contributed by atoms with van der Waals surface area (Å²) in [7, 11) is 0. The van der Waals surface area contributed by atoms with E-state index >= 15 is 0 Å². The molecule has 0 heterocycles. The van der Waals surface area contributed by atoms with Crippen molar-refractivity contribution in [3.05, 3.63) is 0 Å². The van der Waals surface area contributed by atoms with Crippen molar-refractivity contribution in [2.75, 3.05) is 0 Å². The highest BCUT2D eigenvalue weighted by atomic mass is 16.6. The highest BCUT2D eigenvalue weighted by Gasteiger charge is 2.16. The van der Waals surface area contributed by atoms with Gasteiger partial charge in [0.25, 0.3) is 0 Å². The van der Waals surface area contributed by atoms with Gasteiger partial charge >= 0.3 is 11.9 Å². The van der Waals surface area contributed by atoms with E-state index in [1.165, 1.54) is 0 Å². The second-order valence-corrected chi connectivity index (χ2v) is 4.36. The summed E-state index contributed by atoms with van der Waals surface area (Å²) in [5.41, 5.74) is 0. The van der Waals surface area contributed by atoms with Gasteiger partial charge in [-0.05, 0) is 26.7 Å². The predicted octanol–water partition coefficient (Wildman–Crippen LogP) is 2.84. The van der Waals surface area contributed by atoms with Crippen LogP contribution in [0, 0.1) is 0 Å². The number of ether oxygens (including phenoxy) is 2. The summed E-state index contributed by atoms with van der Waals surface area (Å²) in [5, 5.41) is 0. The van der Waals surface area contributed by atoms with Crippen molar-refractivity contribution in [2.24, 2.45) is 0 Å². The molecule has 0 saturated heterocycles. The monoisotopic (exact) mass is 244 g/mol. The van der Waals surface area contributed by atoms with Gasteiger partial charge in [-0.1, -0.05) is 26.7 Å². The van der Waals surface area contributed by atoms with Crippen LogP contribution in [0.5, 0.6) is 0 Å². The van der Waals surface area contributed by atoms with Gasteiger partial charge in [0.1, 0.15) is 6.42 Å². The van der Waals surface area contributed by atoms with Crippen LogP contribution in [0.3, 0.4) is 0 Å². The van der Waals surface area contributed by atoms with E-state index in [4.69, 9.17) is 9.47 Å². The number of carbonyl (C=O) groups excluding carboxylic acids is 2. The SMILES string of the molecule is CCC[C@@H](C)OC(=O)CC(=O)O[C@H](C)CCC. The van der Waals surface area contributed by atoms with Crippen molar-refractivity contribution in [1.82, 2.24) is 0 Å². The van der Waals surface area contributed by atoms with Crippen LogP contribution in [0.1, 0.15) is 59.8 Å². The van der Waals surface area contributed by atoms with Crippen LogP contribution in [0.25, 0.3) is 0 Å². The van der Waals surface area contributed by atoms with Crippen molar-refractivity contribution >= 4 is 11.9 Å². The zero-order valence-corrected chi connectivity index (χ0v) is 11.3. The van der Waals surface area contributed by atoms with Gasteiger partial charge in [-0.15, -0.1) is 0 Å². The minimum absolute atomic E-state index is 0.131. The lowest BCUT2D eigenvalue weighted by atomic mass is 10.2. The molecule has 2 atom stereocenters. The molecule has 0 aromatic heterocycles. The lowest BCUT2D eigenvalue weighted by molar-refractivity contribution is -0.159. The van der Waals surface area contributed by atoms with Crippen molar-refractivity contribution in [2.45, 2.75) is 72.0 Å². The van der Waals surface area contributed by atoms with E-state index in [0.29, 0.717) is 0 Å². The summed E-state index contributed by atoms with van der Waals surface area (Å²) in [6, 6.07) is 0. The fourth-order valence-corrected chi connectivity index (χ4v) is 1.58. The van der Waals surface area contributed by atoms with Crippen LogP contribution in [0.2, 0.25) is 0 Å². The average molecular weight is 244 g/mol. The molecule has 0 fully saturated rings. The lowest BCUT2D eigenvalue weighted by Gasteiger charge is -2.14. The molecule has 100 valence electrons. The largest absolute Gasteiger partial charge is 0.462 e. The Bertz CT molecular complexity index is 214. The molecule has 4 nitrogen and oxygen atoms in total. The number of rotatable bonds is 8. The van der Waals surface area contributed by atoms with Crippen LogP contribution >= 0.6 is 0 Å². The first-order chi connectivity index (χ1) is 7.99. The maximum atomic E-state index is 11.4. The molecule has 0 spiro atoms. The summed E-state index contributed by atoms with van der Waals surface area (Å²) in [6.45, 7) is 7.69. The zero-order valence-electron chi connectivity index (χ0n) is 11.3. The van der Waals surface area contributed by atoms with Crippen LogP contribution in [0.15, 0.2) is 0 Å². The fraction of sp³-hybridized carbons (Fsp3) is 0.846. The molecule has 0 rings (SSSR count). The standard InChI is InChI=1S/C13H24O4/c1-5-7-10(3)16-12(14)9-13(15)17-11(4)8-6-2/h10-11H,5-9H2,1-4H3/t10-,11-/m1/s1. The number of esters is 2. The Morgan fingerprint density at radius 3 is 1.53 bits per heavy atom. The average Bonchev–Trinajstić information content (AvgIpc) is 2.16. The van der Waals surface area contributed by atoms with Crippen LogP contribution in [-0.2, 0) is 19.1 Å². The van der Waals surface area contributed by atoms with Crippen LogP contribution in [0.4, 0.5) is 0 Å². The van der Waals surface area contributed by atoms with Gasteiger partial charge in [0.05, 0.1) is 12.2 Å². The third kappa shape index (κ3) is 8.72. The van der Waals surface area contributed by atoms with Crippen LogP contribution < -0.4 is 0 Å². The van der Waals surface area contributed by atoms with E-state index in [-0.39, 0.29) is 18.6 Å². The number of hydrogen-bond donors (Lipinski definition) is 0. The maximum absolute atomic E-state index is 11.4. The Hall–Kier alpha value is -1.06. The van der Waals surface area contributed by atoms with Crippen molar-refractivity contribution in [1.29, 1.82) is 0 Å². The highest BCUT2D eigenvalue weighted by Crippen LogP contribution is 2.06. The Kier molecular flexibility index (Phi) is 8.46. The molecule has 17 heavy (non-hydrogen) atoms. The lowest BCUT2D eigenvalue weighted by Crippen LogP contribution is -2.21. The minimum Gasteiger partial charge on any atom is -0.462 e. The normalized spacial score (nSPS) is 13.9. The van der Waals surface area contributed by atoms with Crippen LogP contribution in [-0.4, -0.2) is 24.1 Å². The molecule has 4 heteroatoms. The van der Waals surface area contributed by atoms with E-state index < -0.39 is 11.9 Å². The Balaban J connectivity index is 3.83. The van der Waals surface area contributed by atoms with E-state index in [0.717, 1.165) is 25.7 Å². The zero-order chi connectivity index (χ0) is 13.3. The maximum Gasteiger partial charge on any atom is 0.317 e. The molecule has 0 aliphatic carbocycles. The molecule has 0 unspecified atom stereocenters. The molecule has 0 aromatic carbocycles. The summed E-state index contributed by atoms with van der Waals surface area (Å²) in [5.74, 6) is -1.00. The van der Waals surface area contributed by atoms with Gasteiger partial charge in [-0.25, -0.2) is 0 Å². The fourth-order valence-electron chi connectivity index (χ4n) is 1.58. The number of carbonyl (C=O) groups is 2. The molecular weight excluding hydrogens is 220 g/mol.